The highest BCUT2D eigenvalue weighted by Crippen LogP contribution is 2.22. The van der Waals surface area contributed by atoms with E-state index in [1.165, 1.54) is 11.1 Å². The van der Waals surface area contributed by atoms with Crippen LogP contribution in [0.4, 0.5) is 0 Å². The molecule has 0 saturated carbocycles. The van der Waals surface area contributed by atoms with Gasteiger partial charge in [0.1, 0.15) is 0 Å². The van der Waals surface area contributed by atoms with E-state index in [0.29, 0.717) is 13.0 Å². The molecule has 2 N–H and O–H groups in total. The van der Waals surface area contributed by atoms with E-state index in [4.69, 9.17) is 0 Å². The Morgan fingerprint density at radius 3 is 2.28 bits per heavy atom. The zero-order chi connectivity index (χ0) is 18.9. The van der Waals surface area contributed by atoms with Crippen LogP contribution in [-0.2, 0) is 16.6 Å². The molecule has 0 heterocycles. The topological polar surface area (TPSA) is 56.7 Å². The summed E-state index contributed by atoms with van der Waals surface area (Å²) >= 11 is 0. The largest absolute Gasteiger partial charge is 0.357 e. The molecule has 1 aromatic rings. The summed E-state index contributed by atoms with van der Waals surface area (Å²) in [6.45, 7) is 10.8. The molecule has 1 amide bonds. The molecule has 1 rings (SSSR count). The lowest BCUT2D eigenvalue weighted by molar-refractivity contribution is -0.128. The van der Waals surface area contributed by atoms with E-state index < -0.39 is 0 Å². The standard InChI is InChI=1S/C20H34N4O/c1-7-21-19(23-15-13-18(25)24(5)6)22-14-12-16-8-10-17(11-9-16)20(2,3)4/h8-11H,7,12-15H2,1-6H3,(H2,21,22,23). The molecule has 0 aliphatic carbocycles. The van der Waals surface area contributed by atoms with Gasteiger partial charge in [0.25, 0.3) is 0 Å². The summed E-state index contributed by atoms with van der Waals surface area (Å²) in [5.41, 5.74) is 2.84. The molecule has 1 aromatic carbocycles. The van der Waals surface area contributed by atoms with Gasteiger partial charge in [-0.15, -0.1) is 0 Å². The van der Waals surface area contributed by atoms with Gasteiger partial charge < -0.3 is 15.5 Å². The van der Waals surface area contributed by atoms with Crippen LogP contribution in [0.15, 0.2) is 29.3 Å². The van der Waals surface area contributed by atoms with Crippen molar-refractivity contribution in [1.29, 1.82) is 0 Å². The Labute approximate surface area is 152 Å². The van der Waals surface area contributed by atoms with Gasteiger partial charge in [0, 0.05) is 33.6 Å². The third-order valence-corrected chi connectivity index (χ3v) is 3.96. The maximum Gasteiger partial charge on any atom is 0.223 e. The molecular formula is C20H34N4O. The lowest BCUT2D eigenvalue weighted by Gasteiger charge is -2.19. The summed E-state index contributed by atoms with van der Waals surface area (Å²) in [7, 11) is 3.53. The van der Waals surface area contributed by atoms with Gasteiger partial charge in [0.05, 0.1) is 6.54 Å². The number of hydrogen-bond acceptors (Lipinski definition) is 2. The Kier molecular flexibility index (Phi) is 8.46. The molecule has 0 aromatic heterocycles. The molecule has 0 atom stereocenters. The fourth-order valence-corrected chi connectivity index (χ4v) is 2.33. The Bertz CT molecular complexity index is 556. The second kappa shape index (κ2) is 10.1. The van der Waals surface area contributed by atoms with Gasteiger partial charge in [-0.1, -0.05) is 45.0 Å². The maximum atomic E-state index is 11.6. The van der Waals surface area contributed by atoms with Gasteiger partial charge in [-0.05, 0) is 29.9 Å². The van der Waals surface area contributed by atoms with Crippen molar-refractivity contribution in [2.75, 3.05) is 33.7 Å². The second-order valence-corrected chi connectivity index (χ2v) is 7.42. The van der Waals surface area contributed by atoms with Gasteiger partial charge in [0.2, 0.25) is 5.91 Å². The summed E-state index contributed by atoms with van der Waals surface area (Å²) in [6.07, 6.45) is 1.36. The van der Waals surface area contributed by atoms with Gasteiger partial charge in [-0.3, -0.25) is 9.79 Å². The van der Waals surface area contributed by atoms with E-state index in [-0.39, 0.29) is 11.3 Å². The molecule has 0 radical (unpaired) electrons. The molecule has 0 aliphatic rings. The van der Waals surface area contributed by atoms with Crippen LogP contribution in [0.1, 0.15) is 45.2 Å². The predicted molar refractivity (Wildman–Crippen MR) is 106 cm³/mol. The van der Waals surface area contributed by atoms with Crippen LogP contribution in [0.5, 0.6) is 0 Å². The van der Waals surface area contributed by atoms with Crippen LogP contribution in [0.25, 0.3) is 0 Å². The molecule has 140 valence electrons. The molecule has 5 heteroatoms. The van der Waals surface area contributed by atoms with Crippen LogP contribution in [0.2, 0.25) is 0 Å². The Balaban J connectivity index is 2.48. The van der Waals surface area contributed by atoms with E-state index >= 15 is 0 Å². The molecule has 0 aliphatic heterocycles. The zero-order valence-corrected chi connectivity index (χ0v) is 16.6. The van der Waals surface area contributed by atoms with Crippen LogP contribution in [0, 0.1) is 0 Å². The SMILES string of the molecule is CCNC(=NCCC(=O)N(C)C)NCCc1ccc(C(C)(C)C)cc1. The second-order valence-electron chi connectivity index (χ2n) is 7.42. The van der Waals surface area contributed by atoms with Crippen molar-refractivity contribution in [3.8, 4) is 0 Å². The fourth-order valence-electron chi connectivity index (χ4n) is 2.33. The van der Waals surface area contributed by atoms with E-state index in [1.54, 1.807) is 19.0 Å². The monoisotopic (exact) mass is 346 g/mol. The van der Waals surface area contributed by atoms with Crippen LogP contribution in [-0.4, -0.2) is 50.5 Å². The highest BCUT2D eigenvalue weighted by Gasteiger charge is 2.12. The Hall–Kier alpha value is -2.04. The number of guanidine groups is 1. The first-order chi connectivity index (χ1) is 11.7. The normalized spacial score (nSPS) is 12.0. The van der Waals surface area contributed by atoms with Gasteiger partial charge in [-0.2, -0.15) is 0 Å². The molecule has 0 fully saturated rings. The smallest absolute Gasteiger partial charge is 0.223 e. The van der Waals surface area contributed by atoms with E-state index in [9.17, 15) is 4.79 Å². The molecular weight excluding hydrogens is 312 g/mol. The average molecular weight is 347 g/mol. The van der Waals surface area contributed by atoms with Crippen molar-refractivity contribution >= 4 is 11.9 Å². The van der Waals surface area contributed by atoms with Crippen LogP contribution < -0.4 is 10.6 Å². The van der Waals surface area contributed by atoms with E-state index in [2.05, 4.69) is 60.7 Å². The van der Waals surface area contributed by atoms with Crippen molar-refractivity contribution in [1.82, 2.24) is 15.5 Å². The van der Waals surface area contributed by atoms with Crippen molar-refractivity contribution in [3.05, 3.63) is 35.4 Å². The fraction of sp³-hybridized carbons (Fsp3) is 0.600. The van der Waals surface area contributed by atoms with Gasteiger partial charge in [0.15, 0.2) is 5.96 Å². The van der Waals surface area contributed by atoms with Crippen molar-refractivity contribution in [2.45, 2.75) is 46.0 Å². The Morgan fingerprint density at radius 1 is 1.12 bits per heavy atom. The lowest BCUT2D eigenvalue weighted by atomic mass is 9.86. The molecule has 25 heavy (non-hydrogen) atoms. The van der Waals surface area contributed by atoms with Gasteiger partial charge >= 0.3 is 0 Å². The Morgan fingerprint density at radius 2 is 1.76 bits per heavy atom. The summed E-state index contributed by atoms with van der Waals surface area (Å²) in [4.78, 5) is 17.6. The maximum absolute atomic E-state index is 11.6. The summed E-state index contributed by atoms with van der Waals surface area (Å²) in [5, 5.41) is 6.55. The minimum absolute atomic E-state index is 0.0959. The highest BCUT2D eigenvalue weighted by molar-refractivity contribution is 5.80. The summed E-state index contributed by atoms with van der Waals surface area (Å²) in [6, 6.07) is 8.81. The highest BCUT2D eigenvalue weighted by atomic mass is 16.2. The van der Waals surface area contributed by atoms with E-state index in [1.807, 2.05) is 6.92 Å². The van der Waals surface area contributed by atoms with Crippen molar-refractivity contribution in [3.63, 3.8) is 0 Å². The van der Waals surface area contributed by atoms with Crippen LogP contribution >= 0.6 is 0 Å². The quantitative estimate of drug-likeness (QED) is 0.589. The lowest BCUT2D eigenvalue weighted by Crippen LogP contribution is -2.38. The number of carbonyl (C=O) groups is 1. The molecule has 0 spiro atoms. The molecule has 0 unspecified atom stereocenters. The zero-order valence-electron chi connectivity index (χ0n) is 16.6. The number of amides is 1. The number of hydrogen-bond donors (Lipinski definition) is 2. The minimum atomic E-state index is 0.0959. The first kappa shape index (κ1) is 21.0. The van der Waals surface area contributed by atoms with Crippen molar-refractivity contribution in [2.24, 2.45) is 4.99 Å². The van der Waals surface area contributed by atoms with E-state index in [0.717, 1.165) is 25.5 Å². The van der Waals surface area contributed by atoms with Crippen molar-refractivity contribution < 1.29 is 4.79 Å². The average Bonchev–Trinajstić information content (AvgIpc) is 2.54. The number of rotatable bonds is 7. The van der Waals surface area contributed by atoms with Crippen LogP contribution in [0.3, 0.4) is 0 Å². The number of nitrogens with one attached hydrogen (secondary N) is 2. The van der Waals surface area contributed by atoms with Gasteiger partial charge in [-0.25, -0.2) is 0 Å². The number of benzene rings is 1. The third-order valence-electron chi connectivity index (χ3n) is 3.96. The molecule has 0 saturated heterocycles. The number of nitrogens with zero attached hydrogens (tertiary/aromatic N) is 2. The first-order valence-corrected chi connectivity index (χ1v) is 9.05. The third kappa shape index (κ3) is 8.05. The number of carbonyl (C=O) groups excluding carboxylic acids is 1. The number of aliphatic imine (C=N–C) groups is 1. The molecule has 0 bridgehead atoms. The summed E-state index contributed by atoms with van der Waals surface area (Å²) in [5.74, 6) is 0.860. The minimum Gasteiger partial charge on any atom is -0.357 e. The molecule has 5 nitrogen and oxygen atoms in total. The predicted octanol–water partition coefficient (Wildman–Crippen LogP) is 2.56. The summed E-state index contributed by atoms with van der Waals surface area (Å²) < 4.78 is 0. The first-order valence-electron chi connectivity index (χ1n) is 9.05.